The van der Waals surface area contributed by atoms with Gasteiger partial charge in [0.15, 0.2) is 0 Å². The van der Waals surface area contributed by atoms with Crippen molar-refractivity contribution in [2.45, 2.75) is 32.9 Å². The van der Waals surface area contributed by atoms with E-state index in [-0.39, 0.29) is 12.0 Å². The number of rotatable bonds is 6. The third kappa shape index (κ3) is 5.00. The van der Waals surface area contributed by atoms with Crippen LogP contribution in [0.25, 0.3) is 0 Å². The normalized spacial score (nSPS) is 12.5. The van der Waals surface area contributed by atoms with Crippen molar-refractivity contribution in [1.29, 1.82) is 0 Å². The minimum atomic E-state index is -0.125. The van der Waals surface area contributed by atoms with Crippen LogP contribution in [0.3, 0.4) is 0 Å². The van der Waals surface area contributed by atoms with Crippen LogP contribution >= 0.6 is 0 Å². The maximum absolute atomic E-state index is 11.4. The summed E-state index contributed by atoms with van der Waals surface area (Å²) >= 11 is 0. The maximum atomic E-state index is 11.4. The lowest BCUT2D eigenvalue weighted by Gasteiger charge is -2.23. The third-order valence-corrected chi connectivity index (χ3v) is 2.79. The van der Waals surface area contributed by atoms with Crippen LogP contribution < -0.4 is 0 Å². The molecule has 0 spiro atoms. The standard InChI is InChI=1S/C14H21NO2/c1-4-17-14(16)10-12(2)15(3)11-13-8-6-5-7-9-13/h5-9,12H,4,10-11H2,1-3H3. The van der Waals surface area contributed by atoms with E-state index < -0.39 is 0 Å². The lowest BCUT2D eigenvalue weighted by Crippen LogP contribution is -2.31. The summed E-state index contributed by atoms with van der Waals surface area (Å²) in [5.41, 5.74) is 1.26. The zero-order chi connectivity index (χ0) is 12.7. The van der Waals surface area contributed by atoms with Crippen molar-refractivity contribution in [2.24, 2.45) is 0 Å². The average Bonchev–Trinajstić information content (AvgIpc) is 2.30. The van der Waals surface area contributed by atoms with Gasteiger partial charge < -0.3 is 4.74 Å². The van der Waals surface area contributed by atoms with Crippen LogP contribution in [0.5, 0.6) is 0 Å². The summed E-state index contributed by atoms with van der Waals surface area (Å²) in [6.07, 6.45) is 0.442. The van der Waals surface area contributed by atoms with Gasteiger partial charge in [-0.25, -0.2) is 0 Å². The van der Waals surface area contributed by atoms with Gasteiger partial charge >= 0.3 is 5.97 Å². The number of benzene rings is 1. The van der Waals surface area contributed by atoms with Crippen LogP contribution in [0.2, 0.25) is 0 Å². The Labute approximate surface area is 103 Å². The number of ether oxygens (including phenoxy) is 1. The predicted octanol–water partition coefficient (Wildman–Crippen LogP) is 2.46. The van der Waals surface area contributed by atoms with Gasteiger partial charge in [-0.1, -0.05) is 30.3 Å². The van der Waals surface area contributed by atoms with Gasteiger partial charge in [0.25, 0.3) is 0 Å². The molecule has 0 saturated heterocycles. The summed E-state index contributed by atoms with van der Waals surface area (Å²) in [7, 11) is 2.02. The van der Waals surface area contributed by atoms with Crippen molar-refractivity contribution in [3.8, 4) is 0 Å². The van der Waals surface area contributed by atoms with Crippen LogP contribution in [0.15, 0.2) is 30.3 Å². The van der Waals surface area contributed by atoms with E-state index >= 15 is 0 Å². The summed E-state index contributed by atoms with van der Waals surface area (Å²) in [5, 5.41) is 0. The molecule has 1 unspecified atom stereocenters. The van der Waals surface area contributed by atoms with E-state index in [1.165, 1.54) is 5.56 Å². The van der Waals surface area contributed by atoms with Gasteiger partial charge in [0.1, 0.15) is 0 Å². The molecule has 1 atom stereocenters. The van der Waals surface area contributed by atoms with Crippen LogP contribution in [0, 0.1) is 0 Å². The maximum Gasteiger partial charge on any atom is 0.307 e. The smallest absolute Gasteiger partial charge is 0.307 e. The second kappa shape index (κ2) is 7.07. The van der Waals surface area contributed by atoms with Crippen molar-refractivity contribution < 1.29 is 9.53 Å². The summed E-state index contributed by atoms with van der Waals surface area (Å²) in [5.74, 6) is -0.125. The van der Waals surface area contributed by atoms with E-state index in [1.54, 1.807) is 0 Å². The highest BCUT2D eigenvalue weighted by molar-refractivity contribution is 5.70. The fourth-order valence-electron chi connectivity index (χ4n) is 1.64. The van der Waals surface area contributed by atoms with Gasteiger partial charge in [0.05, 0.1) is 13.0 Å². The van der Waals surface area contributed by atoms with Gasteiger partial charge in [-0.3, -0.25) is 9.69 Å². The number of hydrogen-bond donors (Lipinski definition) is 0. The highest BCUT2D eigenvalue weighted by Gasteiger charge is 2.14. The quantitative estimate of drug-likeness (QED) is 0.709. The average molecular weight is 235 g/mol. The van der Waals surface area contributed by atoms with Crippen LogP contribution in [0.1, 0.15) is 25.8 Å². The molecule has 1 rings (SSSR count). The number of hydrogen-bond acceptors (Lipinski definition) is 3. The van der Waals surface area contributed by atoms with Crippen LogP contribution in [0.4, 0.5) is 0 Å². The number of carbonyl (C=O) groups is 1. The first-order valence-electron chi connectivity index (χ1n) is 6.03. The molecule has 0 amide bonds. The zero-order valence-corrected chi connectivity index (χ0v) is 10.8. The second-order valence-electron chi connectivity index (χ2n) is 4.26. The molecule has 0 N–H and O–H groups in total. The molecule has 3 heteroatoms. The molecule has 3 nitrogen and oxygen atoms in total. The Bertz CT molecular complexity index is 337. The highest BCUT2D eigenvalue weighted by atomic mass is 16.5. The van der Waals surface area contributed by atoms with Gasteiger partial charge in [-0.05, 0) is 26.5 Å². The molecule has 94 valence electrons. The minimum Gasteiger partial charge on any atom is -0.466 e. The Morgan fingerprint density at radius 3 is 2.59 bits per heavy atom. The van der Waals surface area contributed by atoms with E-state index in [4.69, 9.17) is 4.74 Å². The van der Waals surface area contributed by atoms with Gasteiger partial charge in [0, 0.05) is 12.6 Å². The van der Waals surface area contributed by atoms with Gasteiger partial charge in [0.2, 0.25) is 0 Å². The molecular formula is C14H21NO2. The molecule has 17 heavy (non-hydrogen) atoms. The summed E-state index contributed by atoms with van der Waals surface area (Å²) in [6.45, 7) is 5.17. The van der Waals surface area contributed by atoms with Gasteiger partial charge in [-0.2, -0.15) is 0 Å². The lowest BCUT2D eigenvalue weighted by atomic mass is 10.1. The second-order valence-corrected chi connectivity index (χ2v) is 4.26. The highest BCUT2D eigenvalue weighted by Crippen LogP contribution is 2.08. The van der Waals surface area contributed by atoms with E-state index in [0.29, 0.717) is 13.0 Å². The molecule has 1 aromatic carbocycles. The molecule has 0 aliphatic carbocycles. The van der Waals surface area contributed by atoms with Crippen molar-refractivity contribution in [3.63, 3.8) is 0 Å². The Morgan fingerprint density at radius 1 is 1.35 bits per heavy atom. The van der Waals surface area contributed by atoms with E-state index in [1.807, 2.05) is 39.1 Å². The number of esters is 1. The molecule has 1 aromatic rings. The topological polar surface area (TPSA) is 29.5 Å². The number of nitrogens with zero attached hydrogens (tertiary/aromatic N) is 1. The molecule has 0 aliphatic heterocycles. The lowest BCUT2D eigenvalue weighted by molar-refractivity contribution is -0.144. The zero-order valence-electron chi connectivity index (χ0n) is 10.8. The first-order chi connectivity index (χ1) is 8.13. The molecule has 0 heterocycles. The van der Waals surface area contributed by atoms with E-state index in [9.17, 15) is 4.79 Å². The van der Waals surface area contributed by atoms with E-state index in [2.05, 4.69) is 17.0 Å². The Hall–Kier alpha value is -1.35. The Balaban J connectivity index is 2.42. The Kier molecular flexibility index (Phi) is 5.70. The molecule has 0 radical (unpaired) electrons. The summed E-state index contributed by atoms with van der Waals surface area (Å²) in [6, 6.07) is 10.4. The molecule has 0 saturated carbocycles. The SMILES string of the molecule is CCOC(=O)CC(C)N(C)Cc1ccccc1. The summed E-state index contributed by atoms with van der Waals surface area (Å²) < 4.78 is 4.95. The molecule has 0 fully saturated rings. The largest absolute Gasteiger partial charge is 0.466 e. The summed E-state index contributed by atoms with van der Waals surface area (Å²) in [4.78, 5) is 13.5. The van der Waals surface area contributed by atoms with Crippen LogP contribution in [-0.2, 0) is 16.1 Å². The van der Waals surface area contributed by atoms with Crippen molar-refractivity contribution in [1.82, 2.24) is 4.90 Å². The van der Waals surface area contributed by atoms with E-state index in [0.717, 1.165) is 6.54 Å². The third-order valence-electron chi connectivity index (χ3n) is 2.79. The molecule has 0 bridgehead atoms. The molecule has 0 aliphatic rings. The van der Waals surface area contributed by atoms with Gasteiger partial charge in [-0.15, -0.1) is 0 Å². The fraction of sp³-hybridized carbons (Fsp3) is 0.500. The van der Waals surface area contributed by atoms with Crippen molar-refractivity contribution >= 4 is 5.97 Å². The van der Waals surface area contributed by atoms with Crippen molar-refractivity contribution in [2.75, 3.05) is 13.7 Å². The molecular weight excluding hydrogens is 214 g/mol. The predicted molar refractivity (Wildman–Crippen MR) is 68.6 cm³/mol. The Morgan fingerprint density at radius 2 is 2.00 bits per heavy atom. The first-order valence-corrected chi connectivity index (χ1v) is 6.03. The molecule has 0 aromatic heterocycles. The first kappa shape index (κ1) is 13.7. The monoisotopic (exact) mass is 235 g/mol. The minimum absolute atomic E-state index is 0.125. The van der Waals surface area contributed by atoms with Crippen molar-refractivity contribution in [3.05, 3.63) is 35.9 Å². The fourth-order valence-corrected chi connectivity index (χ4v) is 1.64. The van der Waals surface area contributed by atoms with Crippen LogP contribution in [-0.4, -0.2) is 30.6 Å². The number of carbonyl (C=O) groups excluding carboxylic acids is 1.